The number of nitrogens with zero attached hydrogens (tertiary/aromatic N) is 2. The molecule has 1 N–H and O–H groups in total. The van der Waals surface area contributed by atoms with Crippen LogP contribution in [0.3, 0.4) is 0 Å². The van der Waals surface area contributed by atoms with E-state index >= 15 is 0 Å². The van der Waals surface area contributed by atoms with E-state index in [1.807, 2.05) is 6.07 Å². The Hall–Kier alpha value is -3.02. The summed E-state index contributed by atoms with van der Waals surface area (Å²) in [5, 5.41) is 0.477. The molecule has 0 radical (unpaired) electrons. The van der Waals surface area contributed by atoms with Crippen LogP contribution in [0.25, 0.3) is 10.9 Å². The minimum atomic E-state index is -0.254. The maximum atomic E-state index is 12.7. The first-order valence-corrected chi connectivity index (χ1v) is 8.00. The lowest BCUT2D eigenvalue weighted by molar-refractivity contribution is 0.0964. The Balaban J connectivity index is 2.05. The van der Waals surface area contributed by atoms with Crippen molar-refractivity contribution in [2.45, 2.75) is 34.2 Å². The largest absolute Gasteiger partial charge is 0.355 e. The van der Waals surface area contributed by atoms with Crippen molar-refractivity contribution in [3.63, 3.8) is 0 Å². The summed E-state index contributed by atoms with van der Waals surface area (Å²) in [6, 6.07) is 7.05. The Morgan fingerprint density at radius 2 is 1.84 bits per heavy atom. The highest BCUT2D eigenvalue weighted by molar-refractivity contribution is 6.03. The van der Waals surface area contributed by atoms with Gasteiger partial charge in [0.1, 0.15) is 5.82 Å². The van der Waals surface area contributed by atoms with E-state index in [0.717, 1.165) is 0 Å². The number of hydrogen-bond acceptors (Lipinski definition) is 4. The minimum absolute atomic E-state index is 0.0916. The number of rotatable bonds is 4. The fourth-order valence-corrected chi connectivity index (χ4v) is 3.24. The number of fused-ring (bicyclic) bond motifs is 1. The lowest BCUT2D eigenvalue weighted by Crippen LogP contribution is -2.28. The second-order valence-electron chi connectivity index (χ2n) is 6.17. The predicted octanol–water partition coefficient (Wildman–Crippen LogP) is 2.74. The van der Waals surface area contributed by atoms with Gasteiger partial charge in [-0.05, 0) is 45.4 Å². The first-order valence-electron chi connectivity index (χ1n) is 8.00. The second kappa shape index (κ2) is 6.12. The quantitative estimate of drug-likeness (QED) is 0.742. The zero-order valence-electron chi connectivity index (χ0n) is 14.6. The fraction of sp³-hybridized carbons (Fsp3) is 0.263. The van der Waals surface area contributed by atoms with Crippen LogP contribution in [-0.4, -0.2) is 26.1 Å². The molecule has 0 unspecified atom stereocenters. The van der Waals surface area contributed by atoms with Crippen molar-refractivity contribution in [2.75, 3.05) is 0 Å². The molecule has 0 saturated heterocycles. The molecule has 0 bridgehead atoms. The molecule has 0 fully saturated rings. The summed E-state index contributed by atoms with van der Waals surface area (Å²) >= 11 is 0. The molecule has 128 valence electrons. The zero-order valence-corrected chi connectivity index (χ0v) is 14.6. The van der Waals surface area contributed by atoms with Gasteiger partial charge in [-0.15, -0.1) is 0 Å². The van der Waals surface area contributed by atoms with Crippen molar-refractivity contribution in [3.05, 3.63) is 63.0 Å². The summed E-state index contributed by atoms with van der Waals surface area (Å²) in [5.74, 6) is 0.131. The van der Waals surface area contributed by atoms with Crippen LogP contribution in [0.2, 0.25) is 0 Å². The summed E-state index contributed by atoms with van der Waals surface area (Å²) in [6.45, 7) is 6.55. The minimum Gasteiger partial charge on any atom is -0.355 e. The molecule has 3 rings (SSSR count). The number of aryl methyl sites for hydroxylation is 2. The van der Waals surface area contributed by atoms with E-state index in [4.69, 9.17) is 0 Å². The molecular weight excluding hydrogens is 318 g/mol. The molecular formula is C19H19N3O3. The second-order valence-corrected chi connectivity index (χ2v) is 6.17. The number of Topliss-reactive ketones (excluding diaryl/α,β-unsaturated/α-hetero) is 2. The normalized spacial score (nSPS) is 11.0. The molecule has 25 heavy (non-hydrogen) atoms. The van der Waals surface area contributed by atoms with Crippen LogP contribution in [0.1, 0.15) is 44.9 Å². The van der Waals surface area contributed by atoms with Crippen LogP contribution in [0.4, 0.5) is 0 Å². The van der Waals surface area contributed by atoms with Crippen LogP contribution in [0.5, 0.6) is 0 Å². The molecule has 0 saturated carbocycles. The number of benzene rings is 1. The number of aromatic amines is 1. The first kappa shape index (κ1) is 16.8. The fourth-order valence-electron chi connectivity index (χ4n) is 3.24. The Bertz CT molecular complexity index is 1070. The Labute approximate surface area is 144 Å². The molecule has 0 aliphatic heterocycles. The summed E-state index contributed by atoms with van der Waals surface area (Å²) in [4.78, 5) is 44.5. The van der Waals surface area contributed by atoms with Gasteiger partial charge in [-0.2, -0.15) is 0 Å². The van der Waals surface area contributed by atoms with Gasteiger partial charge in [0.05, 0.1) is 23.1 Å². The molecule has 0 spiro atoms. The van der Waals surface area contributed by atoms with Crippen molar-refractivity contribution < 1.29 is 9.59 Å². The van der Waals surface area contributed by atoms with Gasteiger partial charge in [0.15, 0.2) is 11.6 Å². The Kier molecular flexibility index (Phi) is 4.12. The third kappa shape index (κ3) is 2.80. The lowest BCUT2D eigenvalue weighted by atomic mass is 10.1. The smallest absolute Gasteiger partial charge is 0.261 e. The molecule has 0 aliphatic rings. The standard InChI is InChI=1S/C19H19N3O3/c1-10-17(12(3)23)11(2)20-18(10)16(24)9-22-13(4)21-15-8-6-5-7-14(15)19(22)25/h5-8,20H,9H2,1-4H3. The molecule has 0 atom stereocenters. The van der Waals surface area contributed by atoms with E-state index in [2.05, 4.69) is 9.97 Å². The van der Waals surface area contributed by atoms with Gasteiger partial charge in [0, 0.05) is 11.3 Å². The maximum Gasteiger partial charge on any atom is 0.261 e. The van der Waals surface area contributed by atoms with E-state index in [-0.39, 0.29) is 23.7 Å². The predicted molar refractivity (Wildman–Crippen MR) is 95.3 cm³/mol. The maximum absolute atomic E-state index is 12.7. The number of hydrogen-bond donors (Lipinski definition) is 1. The Morgan fingerprint density at radius 3 is 2.48 bits per heavy atom. The molecule has 6 nitrogen and oxygen atoms in total. The van der Waals surface area contributed by atoms with Crippen molar-refractivity contribution in [2.24, 2.45) is 0 Å². The number of nitrogens with one attached hydrogen (secondary N) is 1. The number of aromatic nitrogens is 3. The molecule has 0 amide bonds. The highest BCUT2D eigenvalue weighted by Gasteiger charge is 2.21. The first-order chi connectivity index (χ1) is 11.8. The van der Waals surface area contributed by atoms with Gasteiger partial charge in [-0.1, -0.05) is 12.1 Å². The molecule has 2 heterocycles. The van der Waals surface area contributed by atoms with Gasteiger partial charge in [-0.3, -0.25) is 19.0 Å². The highest BCUT2D eigenvalue weighted by atomic mass is 16.1. The van der Waals surface area contributed by atoms with Gasteiger partial charge >= 0.3 is 0 Å². The van der Waals surface area contributed by atoms with Crippen molar-refractivity contribution in [3.8, 4) is 0 Å². The zero-order chi connectivity index (χ0) is 18.3. The molecule has 6 heteroatoms. The van der Waals surface area contributed by atoms with Crippen molar-refractivity contribution >= 4 is 22.5 Å². The average Bonchev–Trinajstić information content (AvgIpc) is 2.86. The topological polar surface area (TPSA) is 84.8 Å². The number of carbonyl (C=O) groups excluding carboxylic acids is 2. The van der Waals surface area contributed by atoms with Crippen LogP contribution in [-0.2, 0) is 6.54 Å². The number of para-hydroxylation sites is 1. The summed E-state index contributed by atoms with van der Waals surface area (Å²) < 4.78 is 1.37. The van der Waals surface area contributed by atoms with Gasteiger partial charge in [0.25, 0.3) is 5.56 Å². The van der Waals surface area contributed by atoms with Crippen LogP contribution < -0.4 is 5.56 Å². The van der Waals surface area contributed by atoms with Crippen LogP contribution in [0, 0.1) is 20.8 Å². The molecule has 3 aromatic rings. The van der Waals surface area contributed by atoms with E-state index in [9.17, 15) is 14.4 Å². The van der Waals surface area contributed by atoms with Gasteiger partial charge < -0.3 is 4.98 Å². The molecule has 1 aromatic carbocycles. The van der Waals surface area contributed by atoms with Gasteiger partial charge in [0.2, 0.25) is 0 Å². The number of H-pyrrole nitrogens is 1. The summed E-state index contributed by atoms with van der Waals surface area (Å²) in [7, 11) is 0. The van der Waals surface area contributed by atoms with Crippen LogP contribution >= 0.6 is 0 Å². The van der Waals surface area contributed by atoms with E-state index < -0.39 is 0 Å². The highest BCUT2D eigenvalue weighted by Crippen LogP contribution is 2.19. The average molecular weight is 337 g/mol. The number of carbonyl (C=O) groups is 2. The van der Waals surface area contributed by atoms with Gasteiger partial charge in [-0.25, -0.2) is 4.98 Å². The van der Waals surface area contributed by atoms with Crippen LogP contribution in [0.15, 0.2) is 29.1 Å². The number of ketones is 2. The van der Waals surface area contributed by atoms with Crippen molar-refractivity contribution in [1.82, 2.24) is 14.5 Å². The molecule has 2 aromatic heterocycles. The SMILES string of the molecule is CC(=O)c1c(C)[nH]c(C(=O)Cn2c(C)nc3ccccc3c2=O)c1C. The van der Waals surface area contributed by atoms with E-state index in [1.54, 1.807) is 39.0 Å². The third-order valence-corrected chi connectivity index (χ3v) is 4.42. The molecule has 0 aliphatic carbocycles. The summed E-state index contributed by atoms with van der Waals surface area (Å²) in [5.41, 5.74) is 2.54. The van der Waals surface area contributed by atoms with E-state index in [0.29, 0.717) is 39.2 Å². The summed E-state index contributed by atoms with van der Waals surface area (Å²) in [6.07, 6.45) is 0. The van der Waals surface area contributed by atoms with Crippen molar-refractivity contribution in [1.29, 1.82) is 0 Å². The monoisotopic (exact) mass is 337 g/mol. The lowest BCUT2D eigenvalue weighted by Gasteiger charge is -2.10. The van der Waals surface area contributed by atoms with E-state index in [1.165, 1.54) is 11.5 Å². The third-order valence-electron chi connectivity index (χ3n) is 4.42. The Morgan fingerprint density at radius 1 is 1.16 bits per heavy atom.